The number of ether oxygens (including phenoxy) is 2. The summed E-state index contributed by atoms with van der Waals surface area (Å²) in [7, 11) is 0. The summed E-state index contributed by atoms with van der Waals surface area (Å²) in [5, 5.41) is 34.6. The number of Topliss-reactive ketones (excluding diaryl/α,β-unsaturated/α-hetero) is 2. The van der Waals surface area contributed by atoms with Gasteiger partial charge in [-0.05, 0) is 65.2 Å². The van der Waals surface area contributed by atoms with Crippen molar-refractivity contribution in [3.63, 3.8) is 0 Å². The molecule has 0 heterocycles. The molecule has 0 saturated carbocycles. The topological polar surface area (TPSA) is 208 Å². The van der Waals surface area contributed by atoms with Gasteiger partial charge in [0.15, 0.2) is 0 Å². The Morgan fingerprint density at radius 2 is 0.810 bits per heavy atom. The lowest BCUT2D eigenvalue weighted by molar-refractivity contribution is -0.147. The van der Waals surface area contributed by atoms with Crippen LogP contribution in [-0.2, 0) is 28.7 Å². The summed E-state index contributed by atoms with van der Waals surface area (Å²) in [4.78, 5) is 71.4. The Labute approximate surface area is 247 Å². The van der Waals surface area contributed by atoms with Gasteiger partial charge in [-0.25, -0.2) is 14.5 Å². The minimum Gasteiger partial charge on any atom is -0.449 e. The molecule has 14 nitrogen and oxygen atoms in total. The number of carbonyl (C=O) groups is 6. The lowest BCUT2D eigenvalue weighted by Crippen LogP contribution is -2.41. The summed E-state index contributed by atoms with van der Waals surface area (Å²) in [6.07, 6.45) is 4.33. The summed E-state index contributed by atoms with van der Waals surface area (Å²) in [6, 6.07) is 0. The number of hydrogen-bond donors (Lipinski definition) is 4. The van der Waals surface area contributed by atoms with Crippen molar-refractivity contribution in [2.24, 2.45) is 0 Å². The number of aliphatic hydroxyl groups is 4. The van der Waals surface area contributed by atoms with Crippen LogP contribution in [0.4, 0.5) is 9.59 Å². The van der Waals surface area contributed by atoms with Crippen LogP contribution in [0.1, 0.15) is 90.9 Å². The quantitative estimate of drug-likeness (QED) is 0.130. The number of ketones is 2. The first-order chi connectivity index (χ1) is 20.0. The van der Waals surface area contributed by atoms with E-state index in [0.717, 1.165) is 17.7 Å². The second-order valence-electron chi connectivity index (χ2n) is 9.52. The van der Waals surface area contributed by atoms with Gasteiger partial charge in [0.25, 0.3) is 0 Å². The lowest BCUT2D eigenvalue weighted by Gasteiger charge is -2.19. The molecule has 0 atom stereocenters. The molecule has 42 heavy (non-hydrogen) atoms. The van der Waals surface area contributed by atoms with Gasteiger partial charge in [-0.1, -0.05) is 12.8 Å². The number of hydrogen-bond acceptors (Lipinski definition) is 12. The smallest absolute Gasteiger partial charge is 0.419 e. The SMILES string of the molecule is CC(=O)CN(C(=O)CCCCCO)C(=O)CCCCCO.CC(=O)CN(C(=O)OCCCCO)C(=O)OCCCCO. The van der Waals surface area contributed by atoms with E-state index in [-0.39, 0.29) is 82.4 Å². The first-order valence-electron chi connectivity index (χ1n) is 14.4. The number of rotatable bonds is 22. The molecule has 0 radical (unpaired) electrons. The van der Waals surface area contributed by atoms with E-state index in [1.165, 1.54) is 13.8 Å². The predicted molar refractivity (Wildman–Crippen MR) is 151 cm³/mol. The maximum Gasteiger partial charge on any atom is 0.419 e. The number of aliphatic hydroxyl groups excluding tert-OH is 4. The Bertz CT molecular complexity index is 679. The minimum absolute atomic E-state index is 0.0123. The average Bonchev–Trinajstić information content (AvgIpc) is 2.95. The fourth-order valence-corrected chi connectivity index (χ4v) is 3.27. The molecule has 0 aliphatic rings. The monoisotopic (exact) mass is 606 g/mol. The van der Waals surface area contributed by atoms with Gasteiger partial charge in [0.05, 0.1) is 26.3 Å². The highest BCUT2D eigenvalue weighted by Gasteiger charge is 2.26. The third-order valence-corrected chi connectivity index (χ3v) is 5.46. The fraction of sp³-hybridized carbons (Fsp3) is 0.786. The zero-order chi connectivity index (χ0) is 32.2. The number of imide groups is 2. The van der Waals surface area contributed by atoms with Gasteiger partial charge in [-0.2, -0.15) is 0 Å². The molecule has 0 aromatic rings. The van der Waals surface area contributed by atoms with E-state index in [0.29, 0.717) is 56.3 Å². The first kappa shape index (κ1) is 41.2. The molecular weight excluding hydrogens is 556 g/mol. The number of carbonyl (C=O) groups excluding carboxylic acids is 6. The molecular formula is C28H50N2O12. The van der Waals surface area contributed by atoms with E-state index in [2.05, 4.69) is 0 Å². The van der Waals surface area contributed by atoms with Crippen LogP contribution in [0.15, 0.2) is 0 Å². The Balaban J connectivity index is 0. The normalized spacial score (nSPS) is 10.2. The molecule has 0 unspecified atom stereocenters. The molecule has 244 valence electrons. The maximum absolute atomic E-state index is 12.0. The van der Waals surface area contributed by atoms with Crippen LogP contribution in [0.2, 0.25) is 0 Å². The van der Waals surface area contributed by atoms with Crippen molar-refractivity contribution in [3.05, 3.63) is 0 Å². The van der Waals surface area contributed by atoms with Gasteiger partial charge in [0, 0.05) is 39.3 Å². The van der Waals surface area contributed by atoms with Crippen LogP contribution in [0.25, 0.3) is 0 Å². The van der Waals surface area contributed by atoms with Gasteiger partial charge in [-0.3, -0.25) is 24.1 Å². The molecule has 0 fully saturated rings. The molecule has 0 aromatic heterocycles. The number of unbranched alkanes of at least 4 members (excludes halogenated alkanes) is 6. The van der Waals surface area contributed by atoms with E-state index in [4.69, 9.17) is 29.9 Å². The van der Waals surface area contributed by atoms with Crippen LogP contribution < -0.4 is 0 Å². The highest BCUT2D eigenvalue weighted by Crippen LogP contribution is 2.08. The summed E-state index contributed by atoms with van der Waals surface area (Å²) in [5.74, 6) is -1.25. The van der Waals surface area contributed by atoms with Crippen LogP contribution in [0.3, 0.4) is 0 Å². The zero-order valence-electron chi connectivity index (χ0n) is 25.1. The lowest BCUT2D eigenvalue weighted by atomic mass is 10.1. The fourth-order valence-electron chi connectivity index (χ4n) is 3.27. The Hall–Kier alpha value is -2.94. The van der Waals surface area contributed by atoms with E-state index in [1.54, 1.807) is 0 Å². The Morgan fingerprint density at radius 1 is 0.476 bits per heavy atom. The molecule has 0 bridgehead atoms. The molecule has 4 N–H and O–H groups in total. The van der Waals surface area contributed by atoms with Crippen LogP contribution in [0, 0.1) is 0 Å². The van der Waals surface area contributed by atoms with Crippen molar-refractivity contribution in [2.45, 2.75) is 90.9 Å². The third-order valence-electron chi connectivity index (χ3n) is 5.46. The molecule has 0 aliphatic carbocycles. The van der Waals surface area contributed by atoms with Crippen molar-refractivity contribution < 1.29 is 58.7 Å². The molecule has 0 aromatic carbocycles. The van der Waals surface area contributed by atoms with Gasteiger partial charge in [-0.15, -0.1) is 0 Å². The second kappa shape index (κ2) is 28.2. The average molecular weight is 607 g/mol. The van der Waals surface area contributed by atoms with Crippen molar-refractivity contribution in [1.82, 2.24) is 9.80 Å². The van der Waals surface area contributed by atoms with Crippen molar-refractivity contribution in [1.29, 1.82) is 0 Å². The molecule has 14 heteroatoms. The first-order valence-corrected chi connectivity index (χ1v) is 14.4. The largest absolute Gasteiger partial charge is 0.449 e. The van der Waals surface area contributed by atoms with Gasteiger partial charge in [0.1, 0.15) is 11.6 Å². The standard InChI is InChI=1S/C15H27NO5.C13H23NO7/c1-13(19)12-16(14(20)8-4-2-6-10-17)15(21)9-5-3-7-11-18;1-11(17)10-14(12(18)20-8-4-2-6-15)13(19)21-9-5-3-7-16/h17-18H,2-12H2,1H3;15-16H,2-10H2,1H3. The molecule has 0 rings (SSSR count). The predicted octanol–water partition coefficient (Wildman–Crippen LogP) is 1.73. The molecule has 4 amide bonds. The highest BCUT2D eigenvalue weighted by molar-refractivity contribution is 5.99. The molecule has 0 saturated heterocycles. The van der Waals surface area contributed by atoms with Gasteiger partial charge in [0.2, 0.25) is 11.8 Å². The summed E-state index contributed by atoms with van der Waals surface area (Å²) in [6.45, 7) is 2.26. The number of nitrogens with zero attached hydrogens (tertiary/aromatic N) is 2. The van der Waals surface area contributed by atoms with Crippen LogP contribution in [0.5, 0.6) is 0 Å². The van der Waals surface area contributed by atoms with E-state index in [1.807, 2.05) is 0 Å². The van der Waals surface area contributed by atoms with Crippen LogP contribution >= 0.6 is 0 Å². The van der Waals surface area contributed by atoms with Crippen molar-refractivity contribution in [3.8, 4) is 0 Å². The van der Waals surface area contributed by atoms with Gasteiger partial charge < -0.3 is 29.9 Å². The second-order valence-corrected chi connectivity index (χ2v) is 9.52. The third kappa shape index (κ3) is 23.7. The van der Waals surface area contributed by atoms with E-state index < -0.39 is 18.7 Å². The van der Waals surface area contributed by atoms with E-state index in [9.17, 15) is 28.8 Å². The van der Waals surface area contributed by atoms with Crippen molar-refractivity contribution in [2.75, 3.05) is 52.7 Å². The summed E-state index contributed by atoms with van der Waals surface area (Å²) >= 11 is 0. The maximum atomic E-state index is 12.0. The number of amides is 4. The summed E-state index contributed by atoms with van der Waals surface area (Å²) < 4.78 is 9.68. The Morgan fingerprint density at radius 3 is 1.14 bits per heavy atom. The summed E-state index contributed by atoms with van der Waals surface area (Å²) in [5.41, 5.74) is 0. The minimum atomic E-state index is -0.949. The highest BCUT2D eigenvalue weighted by atomic mass is 16.6. The zero-order valence-corrected chi connectivity index (χ0v) is 25.1. The van der Waals surface area contributed by atoms with Crippen LogP contribution in [-0.4, -0.2) is 119 Å². The molecule has 0 aliphatic heterocycles. The Kier molecular flexibility index (Phi) is 27.7. The van der Waals surface area contributed by atoms with Crippen molar-refractivity contribution >= 4 is 35.6 Å². The van der Waals surface area contributed by atoms with Gasteiger partial charge >= 0.3 is 12.2 Å². The van der Waals surface area contributed by atoms with E-state index >= 15 is 0 Å². The molecule has 0 spiro atoms.